The molecule has 94 valence electrons. The van der Waals surface area contributed by atoms with Crippen LogP contribution in [0.3, 0.4) is 0 Å². The van der Waals surface area contributed by atoms with E-state index >= 15 is 0 Å². The number of alkyl halides is 3. The fourth-order valence-corrected chi connectivity index (χ4v) is 1.44. The third-order valence-electron chi connectivity index (χ3n) is 2.25. The summed E-state index contributed by atoms with van der Waals surface area (Å²) in [4.78, 5) is 10.8. The van der Waals surface area contributed by atoms with E-state index in [1.165, 1.54) is 24.3 Å². The molecule has 0 bridgehead atoms. The number of aliphatic hydroxyl groups excluding tert-OH is 1. The first-order chi connectivity index (χ1) is 7.81. The fourth-order valence-electron chi connectivity index (χ4n) is 1.44. The van der Waals surface area contributed by atoms with Gasteiger partial charge in [0.15, 0.2) is 0 Å². The van der Waals surface area contributed by atoms with E-state index in [-0.39, 0.29) is 11.1 Å². The lowest BCUT2D eigenvalue weighted by molar-refractivity contribution is -0.140. The summed E-state index contributed by atoms with van der Waals surface area (Å²) in [5, 5.41) is 18.4. The molecule has 1 aromatic carbocycles. The molecule has 3 nitrogen and oxygen atoms in total. The van der Waals surface area contributed by atoms with E-state index in [1.54, 1.807) is 0 Å². The quantitative estimate of drug-likeness (QED) is 0.861. The van der Waals surface area contributed by atoms with Crippen LogP contribution in [0.1, 0.15) is 34.9 Å². The van der Waals surface area contributed by atoms with Gasteiger partial charge in [-0.2, -0.15) is 13.2 Å². The minimum Gasteiger partial charge on any atom is -0.478 e. The van der Waals surface area contributed by atoms with Gasteiger partial charge in [0.25, 0.3) is 0 Å². The van der Waals surface area contributed by atoms with Gasteiger partial charge in [0.1, 0.15) is 0 Å². The number of carboxylic acids is 1. The first kappa shape index (κ1) is 13.5. The van der Waals surface area contributed by atoms with Crippen LogP contribution in [0.2, 0.25) is 0 Å². The van der Waals surface area contributed by atoms with Gasteiger partial charge < -0.3 is 10.2 Å². The second-order valence-electron chi connectivity index (χ2n) is 3.56. The van der Waals surface area contributed by atoms with Gasteiger partial charge in [0.2, 0.25) is 0 Å². The van der Waals surface area contributed by atoms with Gasteiger partial charge >= 0.3 is 12.1 Å². The van der Waals surface area contributed by atoms with Gasteiger partial charge in [0.05, 0.1) is 11.7 Å². The van der Waals surface area contributed by atoms with Crippen LogP contribution in [0.25, 0.3) is 0 Å². The number of benzene rings is 1. The highest BCUT2D eigenvalue weighted by Crippen LogP contribution is 2.28. The molecule has 0 aliphatic heterocycles. The molecular formula is C11H11F3O3. The van der Waals surface area contributed by atoms with Crippen molar-refractivity contribution < 1.29 is 28.2 Å². The molecule has 0 aromatic heterocycles. The van der Waals surface area contributed by atoms with E-state index in [2.05, 4.69) is 0 Å². The zero-order valence-corrected chi connectivity index (χ0v) is 8.74. The van der Waals surface area contributed by atoms with Crippen molar-refractivity contribution in [3.05, 3.63) is 35.4 Å². The summed E-state index contributed by atoms with van der Waals surface area (Å²) < 4.78 is 35.9. The van der Waals surface area contributed by atoms with Gasteiger partial charge in [-0.3, -0.25) is 0 Å². The van der Waals surface area contributed by atoms with E-state index in [0.717, 1.165) is 0 Å². The molecular weight excluding hydrogens is 237 g/mol. The van der Waals surface area contributed by atoms with Crippen molar-refractivity contribution >= 4 is 5.97 Å². The smallest absolute Gasteiger partial charge is 0.389 e. The Labute approximate surface area is 95.5 Å². The van der Waals surface area contributed by atoms with E-state index in [4.69, 9.17) is 5.11 Å². The van der Waals surface area contributed by atoms with Crippen molar-refractivity contribution in [3.8, 4) is 0 Å². The molecule has 17 heavy (non-hydrogen) atoms. The standard InChI is InChI=1S/C11H11F3O3/c12-11(13,14)6-5-9(15)7-3-1-2-4-8(7)10(16)17/h1-4,9,15H,5-6H2,(H,16,17). The van der Waals surface area contributed by atoms with Gasteiger partial charge in [0, 0.05) is 6.42 Å². The molecule has 0 aliphatic rings. The predicted octanol–water partition coefficient (Wildman–Crippen LogP) is 2.76. The number of aliphatic hydroxyl groups is 1. The molecule has 2 N–H and O–H groups in total. The van der Waals surface area contributed by atoms with E-state index < -0.39 is 31.1 Å². The summed E-state index contributed by atoms with van der Waals surface area (Å²) in [6.45, 7) is 0. The lowest BCUT2D eigenvalue weighted by atomic mass is 9.99. The fraction of sp³-hybridized carbons (Fsp3) is 0.364. The van der Waals surface area contributed by atoms with Crippen LogP contribution in [0, 0.1) is 0 Å². The molecule has 0 saturated heterocycles. The number of aromatic carboxylic acids is 1. The third kappa shape index (κ3) is 4.07. The number of carbonyl (C=O) groups is 1. The van der Waals surface area contributed by atoms with Crippen LogP contribution in [0.4, 0.5) is 13.2 Å². The number of rotatable bonds is 4. The van der Waals surface area contributed by atoms with E-state index in [9.17, 15) is 23.1 Å². The monoisotopic (exact) mass is 248 g/mol. The Hall–Kier alpha value is -1.56. The average molecular weight is 248 g/mol. The molecule has 0 radical (unpaired) electrons. The van der Waals surface area contributed by atoms with Crippen molar-refractivity contribution in [2.75, 3.05) is 0 Å². The summed E-state index contributed by atoms with van der Waals surface area (Å²) in [5.74, 6) is -1.27. The molecule has 1 rings (SSSR count). The Morgan fingerprint density at radius 2 is 1.88 bits per heavy atom. The highest BCUT2D eigenvalue weighted by molar-refractivity contribution is 5.89. The third-order valence-corrected chi connectivity index (χ3v) is 2.25. The van der Waals surface area contributed by atoms with Crippen molar-refractivity contribution in [2.24, 2.45) is 0 Å². The molecule has 0 fully saturated rings. The summed E-state index contributed by atoms with van der Waals surface area (Å²) in [6.07, 6.45) is -7.49. The molecule has 0 spiro atoms. The second-order valence-corrected chi connectivity index (χ2v) is 3.56. The average Bonchev–Trinajstić information content (AvgIpc) is 2.25. The van der Waals surface area contributed by atoms with E-state index in [1.807, 2.05) is 0 Å². The van der Waals surface area contributed by atoms with Gasteiger partial charge in [-0.1, -0.05) is 18.2 Å². The van der Waals surface area contributed by atoms with Gasteiger partial charge in [-0.05, 0) is 18.1 Å². The summed E-state index contributed by atoms with van der Waals surface area (Å²) in [7, 11) is 0. The maximum Gasteiger partial charge on any atom is 0.389 e. The van der Waals surface area contributed by atoms with Crippen molar-refractivity contribution in [2.45, 2.75) is 25.1 Å². The zero-order chi connectivity index (χ0) is 13.1. The minimum absolute atomic E-state index is 0.00394. The van der Waals surface area contributed by atoms with Crippen molar-refractivity contribution in [3.63, 3.8) is 0 Å². The van der Waals surface area contributed by atoms with Crippen LogP contribution >= 0.6 is 0 Å². The topological polar surface area (TPSA) is 57.5 Å². The molecule has 0 aliphatic carbocycles. The molecule has 1 aromatic rings. The van der Waals surface area contributed by atoms with Gasteiger partial charge in [-0.25, -0.2) is 4.79 Å². The predicted molar refractivity (Wildman–Crippen MR) is 53.7 cm³/mol. The van der Waals surface area contributed by atoms with Crippen LogP contribution in [0.5, 0.6) is 0 Å². The first-order valence-corrected chi connectivity index (χ1v) is 4.88. The molecule has 1 unspecified atom stereocenters. The highest BCUT2D eigenvalue weighted by atomic mass is 19.4. The van der Waals surface area contributed by atoms with Crippen LogP contribution in [-0.2, 0) is 0 Å². The minimum atomic E-state index is -4.36. The van der Waals surface area contributed by atoms with E-state index in [0.29, 0.717) is 0 Å². The lowest BCUT2D eigenvalue weighted by Gasteiger charge is -2.14. The lowest BCUT2D eigenvalue weighted by Crippen LogP contribution is -2.12. The van der Waals surface area contributed by atoms with Crippen LogP contribution in [-0.4, -0.2) is 22.4 Å². The van der Waals surface area contributed by atoms with Gasteiger partial charge in [-0.15, -0.1) is 0 Å². The first-order valence-electron chi connectivity index (χ1n) is 4.88. The van der Waals surface area contributed by atoms with Crippen LogP contribution < -0.4 is 0 Å². The van der Waals surface area contributed by atoms with Crippen LogP contribution in [0.15, 0.2) is 24.3 Å². The number of halogens is 3. The summed E-state index contributed by atoms with van der Waals surface area (Å²) >= 11 is 0. The molecule has 6 heteroatoms. The number of carboxylic acid groups (broad SMARTS) is 1. The molecule has 0 amide bonds. The largest absolute Gasteiger partial charge is 0.478 e. The molecule has 0 heterocycles. The zero-order valence-electron chi connectivity index (χ0n) is 8.74. The maximum absolute atomic E-state index is 12.0. The van der Waals surface area contributed by atoms with Crippen molar-refractivity contribution in [1.82, 2.24) is 0 Å². The Morgan fingerprint density at radius 3 is 2.41 bits per heavy atom. The molecule has 1 atom stereocenters. The number of hydrogen-bond acceptors (Lipinski definition) is 2. The molecule has 0 saturated carbocycles. The Morgan fingerprint density at radius 1 is 1.29 bits per heavy atom. The second kappa shape index (κ2) is 5.18. The van der Waals surface area contributed by atoms with Crippen molar-refractivity contribution in [1.29, 1.82) is 0 Å². The Kier molecular flexibility index (Phi) is 4.11. The highest BCUT2D eigenvalue weighted by Gasteiger charge is 2.29. The Bertz CT molecular complexity index is 401. The number of hydrogen-bond donors (Lipinski definition) is 2. The SMILES string of the molecule is O=C(O)c1ccccc1C(O)CCC(F)(F)F. The normalized spacial score (nSPS) is 13.4. The maximum atomic E-state index is 12.0. The summed E-state index contributed by atoms with van der Waals surface area (Å²) in [5.41, 5.74) is -0.175. The summed E-state index contributed by atoms with van der Waals surface area (Å²) in [6, 6.07) is 5.47. The Balaban J connectivity index is 2.82.